The molecule has 0 N–H and O–H groups in total. The summed E-state index contributed by atoms with van der Waals surface area (Å²) < 4.78 is 5.15. The van der Waals surface area contributed by atoms with Crippen molar-refractivity contribution in [3.8, 4) is 0 Å². The SMILES string of the molecule is CCOC(=O)C1CCCN(c2ncnc(N3CCc4ccccc4C3)c2[N+](=O)[O-])C1. The van der Waals surface area contributed by atoms with E-state index in [0.717, 1.165) is 18.4 Å². The molecule has 2 aliphatic rings. The second-order valence-corrected chi connectivity index (χ2v) is 7.60. The quantitative estimate of drug-likeness (QED) is 0.420. The zero-order chi connectivity index (χ0) is 21.1. The van der Waals surface area contributed by atoms with E-state index in [1.165, 1.54) is 11.9 Å². The third-order valence-electron chi connectivity index (χ3n) is 5.74. The Labute approximate surface area is 174 Å². The highest BCUT2D eigenvalue weighted by Gasteiger charge is 2.35. The van der Waals surface area contributed by atoms with Crippen LogP contribution in [0.1, 0.15) is 30.9 Å². The fourth-order valence-electron chi connectivity index (χ4n) is 4.29. The molecule has 0 amide bonds. The van der Waals surface area contributed by atoms with E-state index in [0.29, 0.717) is 45.0 Å². The van der Waals surface area contributed by atoms with Gasteiger partial charge in [-0.15, -0.1) is 0 Å². The predicted molar refractivity (Wildman–Crippen MR) is 111 cm³/mol. The first kappa shape index (κ1) is 20.1. The van der Waals surface area contributed by atoms with E-state index < -0.39 is 4.92 Å². The van der Waals surface area contributed by atoms with E-state index >= 15 is 0 Å². The number of benzene rings is 1. The van der Waals surface area contributed by atoms with Gasteiger partial charge in [0.15, 0.2) is 0 Å². The van der Waals surface area contributed by atoms with Gasteiger partial charge in [-0.3, -0.25) is 14.9 Å². The van der Waals surface area contributed by atoms with Crippen LogP contribution in [0, 0.1) is 16.0 Å². The lowest BCUT2D eigenvalue weighted by atomic mass is 9.98. The van der Waals surface area contributed by atoms with Crippen molar-refractivity contribution in [1.82, 2.24) is 9.97 Å². The number of nitrogens with zero attached hydrogens (tertiary/aromatic N) is 5. The minimum Gasteiger partial charge on any atom is -0.466 e. The van der Waals surface area contributed by atoms with E-state index in [4.69, 9.17) is 4.74 Å². The van der Waals surface area contributed by atoms with Gasteiger partial charge >= 0.3 is 11.7 Å². The number of hydrogen-bond acceptors (Lipinski definition) is 8. The maximum absolute atomic E-state index is 12.2. The Bertz CT molecular complexity index is 951. The zero-order valence-electron chi connectivity index (χ0n) is 17.0. The molecule has 2 aliphatic heterocycles. The summed E-state index contributed by atoms with van der Waals surface area (Å²) in [4.78, 5) is 36.2. The topological polar surface area (TPSA) is 102 Å². The van der Waals surface area contributed by atoms with Crippen molar-refractivity contribution in [2.24, 2.45) is 5.92 Å². The molecule has 0 spiro atoms. The largest absolute Gasteiger partial charge is 0.466 e. The third-order valence-corrected chi connectivity index (χ3v) is 5.74. The molecule has 9 nitrogen and oxygen atoms in total. The van der Waals surface area contributed by atoms with Gasteiger partial charge in [0, 0.05) is 26.2 Å². The van der Waals surface area contributed by atoms with E-state index in [9.17, 15) is 14.9 Å². The van der Waals surface area contributed by atoms with Crippen molar-refractivity contribution in [1.29, 1.82) is 0 Å². The van der Waals surface area contributed by atoms with Crippen LogP contribution in [0.4, 0.5) is 17.3 Å². The number of aromatic nitrogens is 2. The molecule has 2 aromatic rings. The second kappa shape index (κ2) is 8.64. The van der Waals surface area contributed by atoms with E-state index in [2.05, 4.69) is 16.0 Å². The summed E-state index contributed by atoms with van der Waals surface area (Å²) in [5.41, 5.74) is 2.32. The van der Waals surface area contributed by atoms with Crippen LogP contribution in [0.3, 0.4) is 0 Å². The first-order chi connectivity index (χ1) is 14.6. The van der Waals surface area contributed by atoms with Gasteiger partial charge in [-0.2, -0.15) is 0 Å². The molecular weight excluding hydrogens is 386 g/mol. The van der Waals surface area contributed by atoms with Crippen molar-refractivity contribution in [2.75, 3.05) is 36.0 Å². The Morgan fingerprint density at radius 2 is 1.93 bits per heavy atom. The maximum atomic E-state index is 12.2. The molecule has 9 heteroatoms. The van der Waals surface area contributed by atoms with E-state index in [1.54, 1.807) is 6.92 Å². The van der Waals surface area contributed by atoms with Crippen molar-refractivity contribution < 1.29 is 14.5 Å². The molecule has 0 aliphatic carbocycles. The molecule has 3 heterocycles. The Hall–Kier alpha value is -3.23. The number of anilines is 2. The summed E-state index contributed by atoms with van der Waals surface area (Å²) in [5, 5.41) is 12.1. The van der Waals surface area contributed by atoms with Gasteiger partial charge in [0.05, 0.1) is 17.4 Å². The molecule has 158 valence electrons. The third kappa shape index (κ3) is 3.92. The summed E-state index contributed by atoms with van der Waals surface area (Å²) in [6.07, 6.45) is 3.65. The number of nitro groups is 1. The van der Waals surface area contributed by atoms with Crippen molar-refractivity contribution in [2.45, 2.75) is 32.7 Å². The first-order valence-electron chi connectivity index (χ1n) is 10.3. The first-order valence-corrected chi connectivity index (χ1v) is 10.3. The van der Waals surface area contributed by atoms with E-state index in [1.807, 2.05) is 28.0 Å². The van der Waals surface area contributed by atoms with Crippen LogP contribution >= 0.6 is 0 Å². The van der Waals surface area contributed by atoms with E-state index in [-0.39, 0.29) is 23.4 Å². The molecule has 1 atom stereocenters. The monoisotopic (exact) mass is 411 g/mol. The van der Waals surface area contributed by atoms with Gasteiger partial charge in [0.25, 0.3) is 0 Å². The summed E-state index contributed by atoms with van der Waals surface area (Å²) in [6, 6.07) is 8.13. The lowest BCUT2D eigenvalue weighted by Crippen LogP contribution is -2.40. The van der Waals surface area contributed by atoms with Gasteiger partial charge < -0.3 is 14.5 Å². The van der Waals surface area contributed by atoms with Crippen LogP contribution in [0.25, 0.3) is 0 Å². The smallest absolute Gasteiger partial charge is 0.353 e. The number of carbonyl (C=O) groups is 1. The van der Waals surface area contributed by atoms with Crippen molar-refractivity contribution in [3.63, 3.8) is 0 Å². The van der Waals surface area contributed by atoms with Crippen LogP contribution in [0.2, 0.25) is 0 Å². The Kier molecular flexibility index (Phi) is 5.78. The molecule has 0 saturated carbocycles. The Morgan fingerprint density at radius 3 is 2.67 bits per heavy atom. The van der Waals surface area contributed by atoms with Crippen LogP contribution in [-0.2, 0) is 22.5 Å². The number of ether oxygens (including phenoxy) is 1. The molecule has 1 fully saturated rings. The fourth-order valence-corrected chi connectivity index (χ4v) is 4.29. The highest BCUT2D eigenvalue weighted by atomic mass is 16.6. The summed E-state index contributed by atoms with van der Waals surface area (Å²) in [7, 11) is 0. The zero-order valence-corrected chi connectivity index (χ0v) is 17.0. The number of carbonyl (C=O) groups excluding carboxylic acids is 1. The number of fused-ring (bicyclic) bond motifs is 1. The van der Waals surface area contributed by atoms with Crippen LogP contribution in [0.5, 0.6) is 0 Å². The molecule has 4 rings (SSSR count). The molecule has 1 aromatic heterocycles. The summed E-state index contributed by atoms with van der Waals surface area (Å²) >= 11 is 0. The average Bonchev–Trinajstić information content (AvgIpc) is 2.78. The second-order valence-electron chi connectivity index (χ2n) is 7.60. The van der Waals surface area contributed by atoms with Crippen LogP contribution in [0.15, 0.2) is 30.6 Å². The van der Waals surface area contributed by atoms with Gasteiger partial charge in [-0.25, -0.2) is 9.97 Å². The lowest BCUT2D eigenvalue weighted by molar-refractivity contribution is -0.383. The summed E-state index contributed by atoms with van der Waals surface area (Å²) in [6.45, 7) is 4.29. The standard InChI is InChI=1S/C21H25N5O4/c1-2-30-21(27)17-8-5-10-24(13-17)19-18(26(28)29)20(23-14-22-19)25-11-9-15-6-3-4-7-16(15)12-25/h3-4,6-7,14,17H,2,5,8-13H2,1H3. The minimum absolute atomic E-state index is 0.0959. The molecule has 30 heavy (non-hydrogen) atoms. The van der Waals surface area contributed by atoms with Gasteiger partial charge in [0.2, 0.25) is 11.6 Å². The number of esters is 1. The maximum Gasteiger partial charge on any atom is 0.353 e. The highest BCUT2D eigenvalue weighted by Crippen LogP contribution is 2.37. The molecule has 1 aromatic carbocycles. The van der Waals surface area contributed by atoms with Gasteiger partial charge in [0.1, 0.15) is 6.33 Å². The highest BCUT2D eigenvalue weighted by molar-refractivity contribution is 5.75. The van der Waals surface area contributed by atoms with Crippen molar-refractivity contribution in [3.05, 3.63) is 51.8 Å². The molecule has 1 unspecified atom stereocenters. The molecular formula is C21H25N5O4. The number of rotatable bonds is 5. The summed E-state index contributed by atoms with van der Waals surface area (Å²) in [5.74, 6) is 0.0426. The normalized spacial score (nSPS) is 18.6. The van der Waals surface area contributed by atoms with Crippen molar-refractivity contribution >= 4 is 23.3 Å². The molecule has 1 saturated heterocycles. The lowest BCUT2D eigenvalue weighted by Gasteiger charge is -2.33. The fraction of sp³-hybridized carbons (Fsp3) is 0.476. The number of piperidine rings is 1. The minimum atomic E-state index is -0.404. The van der Waals surface area contributed by atoms with Gasteiger partial charge in [-0.05, 0) is 37.3 Å². The predicted octanol–water partition coefficient (Wildman–Crippen LogP) is 2.73. The molecule has 0 bridgehead atoms. The van der Waals surface area contributed by atoms with Crippen LogP contribution in [-0.4, -0.2) is 47.1 Å². The number of hydrogen-bond donors (Lipinski definition) is 0. The Balaban J connectivity index is 1.64. The van der Waals surface area contributed by atoms with Gasteiger partial charge in [-0.1, -0.05) is 24.3 Å². The molecule has 0 radical (unpaired) electrons. The Morgan fingerprint density at radius 1 is 1.20 bits per heavy atom. The average molecular weight is 411 g/mol. The van der Waals surface area contributed by atoms with Crippen LogP contribution < -0.4 is 9.80 Å².